The number of ether oxygens (including phenoxy) is 1. The van der Waals surface area contributed by atoms with Gasteiger partial charge in [0.2, 0.25) is 0 Å². The number of carbonyl (C=O) groups excluding carboxylic acids is 1. The Labute approximate surface area is 93.5 Å². The molecule has 0 aliphatic rings. The molecular formula is C11H13NO2S. The van der Waals surface area contributed by atoms with Gasteiger partial charge in [0.05, 0.1) is 20.1 Å². The van der Waals surface area contributed by atoms with Gasteiger partial charge in [0.1, 0.15) is 0 Å². The van der Waals surface area contributed by atoms with Crippen LogP contribution in [0.25, 0.3) is 0 Å². The molecule has 0 aliphatic heterocycles. The molecule has 1 heterocycles. The molecule has 3 nitrogen and oxygen atoms in total. The lowest BCUT2D eigenvalue weighted by Crippen LogP contribution is -2.11. The number of carbonyl (C=O) groups is 1. The van der Waals surface area contributed by atoms with E-state index in [1.807, 2.05) is 12.1 Å². The van der Waals surface area contributed by atoms with Crippen molar-refractivity contribution in [3.05, 3.63) is 21.9 Å². The highest BCUT2D eigenvalue weighted by Gasteiger charge is 2.05. The molecule has 0 saturated heterocycles. The number of nitrogens with one attached hydrogen (secondary N) is 1. The number of methoxy groups -OCH3 is 1. The van der Waals surface area contributed by atoms with Crippen LogP contribution >= 0.6 is 11.3 Å². The van der Waals surface area contributed by atoms with Crippen LogP contribution < -0.4 is 5.32 Å². The Morgan fingerprint density at radius 3 is 3.00 bits per heavy atom. The maximum atomic E-state index is 11.0. The van der Waals surface area contributed by atoms with E-state index in [0.717, 1.165) is 11.4 Å². The third kappa shape index (κ3) is 4.15. The first-order valence-electron chi connectivity index (χ1n) is 4.55. The lowest BCUT2D eigenvalue weighted by atomic mass is 10.3. The van der Waals surface area contributed by atoms with Crippen molar-refractivity contribution in [1.82, 2.24) is 5.32 Å². The number of esters is 1. The normalized spacial score (nSPS) is 9.60. The van der Waals surface area contributed by atoms with Crippen molar-refractivity contribution in [2.24, 2.45) is 0 Å². The summed E-state index contributed by atoms with van der Waals surface area (Å²) in [5, 5.41) is 3.09. The molecule has 0 amide bonds. The van der Waals surface area contributed by atoms with Crippen LogP contribution in [-0.4, -0.2) is 19.6 Å². The fraction of sp³-hybridized carbons (Fsp3) is 0.364. The molecule has 15 heavy (non-hydrogen) atoms. The highest BCUT2D eigenvalue weighted by molar-refractivity contribution is 7.12. The van der Waals surface area contributed by atoms with Crippen molar-refractivity contribution in [2.75, 3.05) is 13.7 Å². The van der Waals surface area contributed by atoms with Gasteiger partial charge < -0.3 is 10.1 Å². The Morgan fingerprint density at radius 2 is 2.33 bits per heavy atom. The first-order valence-corrected chi connectivity index (χ1v) is 5.36. The highest BCUT2D eigenvalue weighted by Crippen LogP contribution is 2.17. The summed E-state index contributed by atoms with van der Waals surface area (Å²) in [7, 11) is 1.39. The van der Waals surface area contributed by atoms with Crippen LogP contribution in [0.4, 0.5) is 0 Å². The lowest BCUT2D eigenvalue weighted by Gasteiger charge is -1.96. The van der Waals surface area contributed by atoms with Gasteiger partial charge >= 0.3 is 5.97 Å². The first kappa shape index (κ1) is 11.8. The number of hydrogen-bond acceptors (Lipinski definition) is 4. The second-order valence-electron chi connectivity index (χ2n) is 2.93. The SMILES string of the molecule is C#CCNCc1ccc(CC(=O)OC)s1. The van der Waals surface area contributed by atoms with Crippen molar-refractivity contribution in [1.29, 1.82) is 0 Å². The average Bonchev–Trinajstić information content (AvgIpc) is 2.66. The zero-order valence-electron chi connectivity index (χ0n) is 8.58. The molecule has 0 radical (unpaired) electrons. The topological polar surface area (TPSA) is 38.3 Å². The number of rotatable bonds is 5. The summed E-state index contributed by atoms with van der Waals surface area (Å²) in [6.45, 7) is 1.31. The summed E-state index contributed by atoms with van der Waals surface area (Å²) in [5.74, 6) is 2.30. The molecule has 1 rings (SSSR count). The minimum absolute atomic E-state index is 0.208. The fourth-order valence-corrected chi connectivity index (χ4v) is 2.06. The van der Waals surface area contributed by atoms with E-state index in [-0.39, 0.29) is 5.97 Å². The van der Waals surface area contributed by atoms with E-state index in [2.05, 4.69) is 16.0 Å². The molecule has 0 spiro atoms. The van der Waals surface area contributed by atoms with Gasteiger partial charge in [-0.25, -0.2) is 0 Å². The molecule has 1 aromatic heterocycles. The minimum Gasteiger partial charge on any atom is -0.469 e. The molecule has 0 fully saturated rings. The standard InChI is InChI=1S/C11H13NO2S/c1-3-6-12-8-10-5-4-9(15-10)7-11(13)14-2/h1,4-5,12H,6-8H2,2H3. The molecule has 4 heteroatoms. The minimum atomic E-state index is -0.208. The second kappa shape index (κ2) is 6.23. The van der Waals surface area contributed by atoms with E-state index in [9.17, 15) is 4.79 Å². The van der Waals surface area contributed by atoms with Gasteiger partial charge in [-0.1, -0.05) is 5.92 Å². The third-order valence-electron chi connectivity index (χ3n) is 1.79. The Bertz CT molecular complexity index is 365. The Kier molecular flexibility index (Phi) is 4.88. The summed E-state index contributed by atoms with van der Waals surface area (Å²) < 4.78 is 4.59. The van der Waals surface area contributed by atoms with Crippen LogP contribution in [-0.2, 0) is 22.5 Å². The third-order valence-corrected chi connectivity index (χ3v) is 2.88. The molecule has 80 valence electrons. The predicted octanol–water partition coefficient (Wildman–Crippen LogP) is 1.19. The zero-order chi connectivity index (χ0) is 11.1. The summed E-state index contributed by atoms with van der Waals surface area (Å²) in [4.78, 5) is 13.2. The number of thiophene rings is 1. The summed E-state index contributed by atoms with van der Waals surface area (Å²) >= 11 is 1.60. The van der Waals surface area contributed by atoms with Crippen LogP contribution in [0.15, 0.2) is 12.1 Å². The van der Waals surface area contributed by atoms with E-state index in [4.69, 9.17) is 6.42 Å². The molecule has 0 aromatic carbocycles. The fourth-order valence-electron chi connectivity index (χ4n) is 1.08. The monoisotopic (exact) mass is 223 g/mol. The molecular weight excluding hydrogens is 210 g/mol. The second-order valence-corrected chi connectivity index (χ2v) is 4.18. The van der Waals surface area contributed by atoms with E-state index in [1.54, 1.807) is 11.3 Å². The smallest absolute Gasteiger partial charge is 0.310 e. The van der Waals surface area contributed by atoms with Gasteiger partial charge in [-0.05, 0) is 12.1 Å². The van der Waals surface area contributed by atoms with Crippen LogP contribution in [0.3, 0.4) is 0 Å². The Morgan fingerprint density at radius 1 is 1.60 bits per heavy atom. The van der Waals surface area contributed by atoms with Crippen molar-refractivity contribution in [2.45, 2.75) is 13.0 Å². The van der Waals surface area contributed by atoms with E-state index in [0.29, 0.717) is 13.0 Å². The van der Waals surface area contributed by atoms with Crippen LogP contribution in [0.2, 0.25) is 0 Å². The average molecular weight is 223 g/mol. The van der Waals surface area contributed by atoms with Gasteiger partial charge in [0.25, 0.3) is 0 Å². The summed E-state index contributed by atoms with van der Waals surface area (Å²) in [5.41, 5.74) is 0. The van der Waals surface area contributed by atoms with Crippen LogP contribution in [0, 0.1) is 12.3 Å². The molecule has 0 bridgehead atoms. The molecule has 0 atom stereocenters. The van der Waals surface area contributed by atoms with Gasteiger partial charge in [0, 0.05) is 16.3 Å². The van der Waals surface area contributed by atoms with Crippen molar-refractivity contribution in [3.8, 4) is 12.3 Å². The Hall–Kier alpha value is -1.31. The van der Waals surface area contributed by atoms with Crippen LogP contribution in [0.1, 0.15) is 9.75 Å². The maximum absolute atomic E-state index is 11.0. The largest absolute Gasteiger partial charge is 0.469 e. The van der Waals surface area contributed by atoms with E-state index in [1.165, 1.54) is 12.0 Å². The summed E-state index contributed by atoms with van der Waals surface area (Å²) in [6.07, 6.45) is 5.46. The van der Waals surface area contributed by atoms with Gasteiger partial charge in [-0.15, -0.1) is 17.8 Å². The molecule has 0 saturated carbocycles. The molecule has 0 unspecified atom stereocenters. The quantitative estimate of drug-likeness (QED) is 0.463. The van der Waals surface area contributed by atoms with Crippen molar-refractivity contribution >= 4 is 17.3 Å². The van der Waals surface area contributed by atoms with E-state index < -0.39 is 0 Å². The van der Waals surface area contributed by atoms with Gasteiger partial charge in [0.15, 0.2) is 0 Å². The molecule has 1 N–H and O–H groups in total. The highest BCUT2D eigenvalue weighted by atomic mass is 32.1. The van der Waals surface area contributed by atoms with Gasteiger partial charge in [-0.3, -0.25) is 4.79 Å². The lowest BCUT2D eigenvalue weighted by molar-refractivity contribution is -0.139. The first-order chi connectivity index (χ1) is 7.26. The molecule has 0 aliphatic carbocycles. The molecule has 1 aromatic rings. The number of hydrogen-bond donors (Lipinski definition) is 1. The van der Waals surface area contributed by atoms with Gasteiger partial charge in [-0.2, -0.15) is 0 Å². The zero-order valence-corrected chi connectivity index (χ0v) is 9.39. The number of terminal acetylenes is 1. The van der Waals surface area contributed by atoms with Crippen LogP contribution in [0.5, 0.6) is 0 Å². The van der Waals surface area contributed by atoms with Crippen molar-refractivity contribution in [3.63, 3.8) is 0 Å². The van der Waals surface area contributed by atoms with E-state index >= 15 is 0 Å². The maximum Gasteiger partial charge on any atom is 0.310 e. The Balaban J connectivity index is 2.42. The summed E-state index contributed by atoms with van der Waals surface area (Å²) in [6, 6.07) is 3.93. The predicted molar refractivity (Wildman–Crippen MR) is 60.6 cm³/mol. The van der Waals surface area contributed by atoms with Crippen molar-refractivity contribution < 1.29 is 9.53 Å².